The minimum atomic E-state index is 0.398. The van der Waals surface area contributed by atoms with Crippen molar-refractivity contribution in [2.45, 2.75) is 5.25 Å². The van der Waals surface area contributed by atoms with Crippen molar-refractivity contribution in [2.75, 3.05) is 6.26 Å². The number of benzene rings is 2. The fourth-order valence-corrected chi connectivity index (χ4v) is 2.36. The molecule has 76 valence electrons. The molecular formula is C14H14S. The Hall–Kier alpha value is -1.21. The smallest absolute Gasteiger partial charge is 0.0472 e. The first kappa shape index (κ1) is 10.3. The Kier molecular flexibility index (Phi) is 3.12. The van der Waals surface area contributed by atoms with Gasteiger partial charge in [0.05, 0.1) is 0 Å². The lowest BCUT2D eigenvalue weighted by molar-refractivity contribution is 1.25. The maximum absolute atomic E-state index is 3.87. The van der Waals surface area contributed by atoms with Crippen molar-refractivity contribution in [3.63, 3.8) is 0 Å². The molecule has 0 fully saturated rings. The second kappa shape index (κ2) is 4.54. The summed E-state index contributed by atoms with van der Waals surface area (Å²) in [6.07, 6.45) is 4.11. The van der Waals surface area contributed by atoms with Gasteiger partial charge < -0.3 is 0 Å². The average Bonchev–Trinajstić information content (AvgIpc) is 2.30. The van der Waals surface area contributed by atoms with Crippen LogP contribution in [0.4, 0.5) is 0 Å². The molecule has 0 spiro atoms. The third-order valence-corrected chi connectivity index (χ3v) is 3.54. The quantitative estimate of drug-likeness (QED) is 0.681. The predicted octanol–water partition coefficient (Wildman–Crippen LogP) is 4.43. The lowest BCUT2D eigenvalue weighted by Crippen LogP contribution is -1.88. The van der Waals surface area contributed by atoms with Gasteiger partial charge in [-0.3, -0.25) is 0 Å². The summed E-state index contributed by atoms with van der Waals surface area (Å²) in [5.41, 5.74) is 1.33. The molecule has 2 rings (SSSR count). The van der Waals surface area contributed by atoms with E-state index < -0.39 is 0 Å². The fraction of sp³-hybridized carbons (Fsp3) is 0.143. The first-order valence-electron chi connectivity index (χ1n) is 4.99. The highest BCUT2D eigenvalue weighted by Crippen LogP contribution is 2.29. The highest BCUT2D eigenvalue weighted by molar-refractivity contribution is 7.99. The van der Waals surface area contributed by atoms with E-state index >= 15 is 0 Å². The minimum Gasteiger partial charge on any atom is -0.153 e. The Morgan fingerprint density at radius 2 is 1.87 bits per heavy atom. The Bertz CT molecular complexity index is 473. The average molecular weight is 214 g/mol. The molecule has 0 saturated heterocycles. The van der Waals surface area contributed by atoms with Gasteiger partial charge in [0.2, 0.25) is 0 Å². The molecule has 0 aromatic heterocycles. The molecule has 15 heavy (non-hydrogen) atoms. The zero-order valence-corrected chi connectivity index (χ0v) is 9.63. The fourth-order valence-electron chi connectivity index (χ4n) is 1.75. The van der Waals surface area contributed by atoms with E-state index in [1.807, 2.05) is 17.8 Å². The normalized spacial score (nSPS) is 12.6. The summed E-state index contributed by atoms with van der Waals surface area (Å²) in [5, 5.41) is 3.00. The van der Waals surface area contributed by atoms with Crippen molar-refractivity contribution in [1.82, 2.24) is 0 Å². The molecule has 0 N–H and O–H groups in total. The molecule has 1 heteroatoms. The van der Waals surface area contributed by atoms with Gasteiger partial charge in [-0.2, -0.15) is 11.8 Å². The van der Waals surface area contributed by atoms with Crippen LogP contribution in [0.2, 0.25) is 0 Å². The maximum Gasteiger partial charge on any atom is 0.0472 e. The van der Waals surface area contributed by atoms with Gasteiger partial charge in [-0.05, 0) is 28.7 Å². The maximum atomic E-state index is 3.87. The van der Waals surface area contributed by atoms with Crippen LogP contribution in [-0.2, 0) is 0 Å². The first-order valence-corrected chi connectivity index (χ1v) is 6.28. The van der Waals surface area contributed by atoms with Crippen LogP contribution in [-0.4, -0.2) is 6.26 Å². The van der Waals surface area contributed by atoms with E-state index in [1.54, 1.807) is 0 Å². The monoisotopic (exact) mass is 214 g/mol. The molecular weight excluding hydrogens is 200 g/mol. The van der Waals surface area contributed by atoms with Crippen molar-refractivity contribution < 1.29 is 0 Å². The summed E-state index contributed by atoms with van der Waals surface area (Å²) < 4.78 is 0. The number of thioether (sulfide) groups is 1. The first-order chi connectivity index (χ1) is 7.35. The van der Waals surface area contributed by atoms with Crippen LogP contribution < -0.4 is 0 Å². The standard InChI is InChI=1S/C14H14S/c1-3-14(15-2)13-9-8-11-6-4-5-7-12(11)10-13/h3-10,14H,1H2,2H3/t14-/m0/s1. The van der Waals surface area contributed by atoms with Gasteiger partial charge in [-0.15, -0.1) is 6.58 Å². The summed E-state index contributed by atoms with van der Waals surface area (Å²) in [6.45, 7) is 3.87. The van der Waals surface area contributed by atoms with Crippen LogP contribution in [0.15, 0.2) is 55.1 Å². The Balaban J connectivity index is 2.50. The molecule has 2 aromatic rings. The van der Waals surface area contributed by atoms with Gasteiger partial charge in [-0.1, -0.05) is 42.5 Å². The third kappa shape index (κ3) is 2.07. The van der Waals surface area contributed by atoms with Crippen molar-refractivity contribution in [1.29, 1.82) is 0 Å². The zero-order chi connectivity index (χ0) is 10.7. The second-order valence-corrected chi connectivity index (χ2v) is 4.48. The molecule has 2 aromatic carbocycles. The molecule has 0 nitrogen and oxygen atoms in total. The molecule has 1 atom stereocenters. The van der Waals surface area contributed by atoms with Gasteiger partial charge in [0.15, 0.2) is 0 Å². The van der Waals surface area contributed by atoms with E-state index in [-0.39, 0.29) is 0 Å². The molecule has 0 heterocycles. The van der Waals surface area contributed by atoms with Crippen molar-refractivity contribution in [3.05, 3.63) is 60.7 Å². The summed E-state index contributed by atoms with van der Waals surface area (Å²) >= 11 is 1.81. The molecule has 0 aliphatic rings. The third-order valence-electron chi connectivity index (χ3n) is 2.57. The minimum absolute atomic E-state index is 0.398. The summed E-state index contributed by atoms with van der Waals surface area (Å²) in [5.74, 6) is 0. The molecule has 0 aliphatic heterocycles. The van der Waals surface area contributed by atoms with Crippen LogP contribution >= 0.6 is 11.8 Å². The predicted molar refractivity (Wildman–Crippen MR) is 70.4 cm³/mol. The Morgan fingerprint density at radius 1 is 1.13 bits per heavy atom. The second-order valence-electron chi connectivity index (χ2n) is 3.50. The van der Waals surface area contributed by atoms with Crippen molar-refractivity contribution >= 4 is 22.5 Å². The molecule has 0 bridgehead atoms. The summed E-state index contributed by atoms with van der Waals surface area (Å²) in [4.78, 5) is 0. The van der Waals surface area contributed by atoms with Crippen LogP contribution in [0.25, 0.3) is 10.8 Å². The van der Waals surface area contributed by atoms with Crippen molar-refractivity contribution in [2.24, 2.45) is 0 Å². The Labute approximate surface area is 95.0 Å². The lowest BCUT2D eigenvalue weighted by atomic mass is 10.1. The number of fused-ring (bicyclic) bond motifs is 1. The van der Waals surface area contributed by atoms with Gasteiger partial charge in [0.25, 0.3) is 0 Å². The van der Waals surface area contributed by atoms with Crippen molar-refractivity contribution in [3.8, 4) is 0 Å². The number of hydrogen-bond donors (Lipinski definition) is 0. The SMILES string of the molecule is C=C[C@H](SC)c1ccc2ccccc2c1. The van der Waals surface area contributed by atoms with Crippen LogP contribution in [0.5, 0.6) is 0 Å². The molecule has 0 saturated carbocycles. The van der Waals surface area contributed by atoms with Crippen LogP contribution in [0, 0.1) is 0 Å². The van der Waals surface area contributed by atoms with Crippen LogP contribution in [0.1, 0.15) is 10.8 Å². The van der Waals surface area contributed by atoms with E-state index in [2.05, 4.69) is 55.3 Å². The van der Waals surface area contributed by atoms with E-state index in [0.29, 0.717) is 5.25 Å². The zero-order valence-electron chi connectivity index (χ0n) is 8.81. The highest BCUT2D eigenvalue weighted by atomic mass is 32.2. The number of hydrogen-bond acceptors (Lipinski definition) is 1. The molecule has 0 unspecified atom stereocenters. The molecule has 0 aliphatic carbocycles. The summed E-state index contributed by atoms with van der Waals surface area (Å²) in [6, 6.07) is 15.1. The molecule has 0 amide bonds. The number of rotatable bonds is 3. The largest absolute Gasteiger partial charge is 0.153 e. The van der Waals surface area contributed by atoms with Gasteiger partial charge >= 0.3 is 0 Å². The van der Waals surface area contributed by atoms with Gasteiger partial charge in [-0.25, -0.2) is 0 Å². The van der Waals surface area contributed by atoms with Crippen LogP contribution in [0.3, 0.4) is 0 Å². The Morgan fingerprint density at radius 3 is 2.53 bits per heavy atom. The molecule has 0 radical (unpaired) electrons. The topological polar surface area (TPSA) is 0 Å². The summed E-state index contributed by atoms with van der Waals surface area (Å²) in [7, 11) is 0. The van der Waals surface area contributed by atoms with Gasteiger partial charge in [0, 0.05) is 5.25 Å². The van der Waals surface area contributed by atoms with Gasteiger partial charge in [0.1, 0.15) is 0 Å². The van der Waals surface area contributed by atoms with E-state index in [0.717, 1.165) is 0 Å². The van der Waals surface area contributed by atoms with E-state index in [4.69, 9.17) is 0 Å². The van der Waals surface area contributed by atoms with E-state index in [9.17, 15) is 0 Å². The lowest BCUT2D eigenvalue weighted by Gasteiger charge is -2.10. The highest BCUT2D eigenvalue weighted by Gasteiger charge is 2.05. The van der Waals surface area contributed by atoms with E-state index in [1.165, 1.54) is 16.3 Å².